The summed E-state index contributed by atoms with van der Waals surface area (Å²) in [6, 6.07) is 16.8. The molecule has 2 aromatic rings. The molecule has 0 fully saturated rings. The van der Waals surface area contributed by atoms with Crippen LogP contribution in [0.25, 0.3) is 0 Å². The second kappa shape index (κ2) is 9.04. The van der Waals surface area contributed by atoms with Crippen LogP contribution < -0.4 is 10.0 Å². The third-order valence-corrected chi connectivity index (χ3v) is 5.52. The van der Waals surface area contributed by atoms with Crippen LogP contribution in [0.2, 0.25) is 0 Å². The van der Waals surface area contributed by atoms with Gasteiger partial charge in [-0.25, -0.2) is 4.21 Å². The summed E-state index contributed by atoms with van der Waals surface area (Å²) in [7, 11) is -1.10. The Morgan fingerprint density at radius 1 is 0.880 bits per heavy atom. The SMILES string of the molecule is CCCCc1ccc(CNc2ccc(NS(=O)C(C)(C)C)cc2)cc1. The number of nitrogens with one attached hydrogen (secondary N) is 2. The van der Waals surface area contributed by atoms with Crippen LogP contribution in [0.15, 0.2) is 48.5 Å². The smallest absolute Gasteiger partial charge is 0.122 e. The Hall–Kier alpha value is -1.81. The molecule has 136 valence electrons. The zero-order valence-electron chi connectivity index (χ0n) is 15.8. The standard InChI is InChI=1S/C21H30N2OS/c1-5-6-7-17-8-10-18(11-9-17)16-22-19-12-14-20(15-13-19)23-25(24)21(2,3)4/h8-15,22-23H,5-7,16H2,1-4H3. The lowest BCUT2D eigenvalue weighted by Crippen LogP contribution is -2.27. The summed E-state index contributed by atoms with van der Waals surface area (Å²) in [6.07, 6.45) is 3.64. The van der Waals surface area contributed by atoms with Gasteiger partial charge in [0.15, 0.2) is 0 Å². The van der Waals surface area contributed by atoms with Crippen molar-refractivity contribution in [2.45, 2.75) is 58.2 Å². The highest BCUT2D eigenvalue weighted by Crippen LogP contribution is 2.19. The molecule has 0 saturated carbocycles. The lowest BCUT2D eigenvalue weighted by Gasteiger charge is -2.18. The van der Waals surface area contributed by atoms with Crippen LogP contribution in [0.3, 0.4) is 0 Å². The van der Waals surface area contributed by atoms with Gasteiger partial charge in [-0.2, -0.15) is 0 Å². The maximum atomic E-state index is 12.1. The fourth-order valence-electron chi connectivity index (χ4n) is 2.33. The molecule has 0 heterocycles. The minimum Gasteiger partial charge on any atom is -0.381 e. The third kappa shape index (κ3) is 6.54. The molecule has 0 radical (unpaired) electrons. The minimum atomic E-state index is -1.10. The normalized spacial score (nSPS) is 12.6. The number of hydrogen-bond donors (Lipinski definition) is 2. The van der Waals surface area contributed by atoms with E-state index in [0.717, 1.165) is 24.3 Å². The Bertz CT molecular complexity index is 673. The summed E-state index contributed by atoms with van der Waals surface area (Å²) in [5.74, 6) is 0. The van der Waals surface area contributed by atoms with E-state index in [1.54, 1.807) is 0 Å². The summed E-state index contributed by atoms with van der Waals surface area (Å²) in [6.45, 7) is 8.90. The molecule has 0 aliphatic carbocycles. The van der Waals surface area contributed by atoms with E-state index in [1.165, 1.54) is 24.0 Å². The molecule has 1 unspecified atom stereocenters. The molecule has 0 aromatic heterocycles. The fourth-order valence-corrected chi connectivity index (χ4v) is 2.98. The molecule has 2 rings (SSSR count). The minimum absolute atomic E-state index is 0.278. The second-order valence-corrected chi connectivity index (χ2v) is 9.30. The van der Waals surface area contributed by atoms with Crippen molar-refractivity contribution in [1.29, 1.82) is 0 Å². The molecule has 0 spiro atoms. The number of aryl methyl sites for hydroxylation is 1. The molecular weight excluding hydrogens is 328 g/mol. The van der Waals surface area contributed by atoms with Gasteiger partial charge < -0.3 is 10.0 Å². The van der Waals surface area contributed by atoms with Crippen LogP contribution in [-0.2, 0) is 24.0 Å². The van der Waals surface area contributed by atoms with E-state index in [2.05, 4.69) is 41.2 Å². The zero-order chi connectivity index (χ0) is 18.3. The summed E-state index contributed by atoms with van der Waals surface area (Å²) in [4.78, 5) is 0. The second-order valence-electron chi connectivity index (χ2n) is 7.33. The Kier molecular flexibility index (Phi) is 7.06. The van der Waals surface area contributed by atoms with Gasteiger partial charge in [-0.15, -0.1) is 0 Å². The number of rotatable bonds is 8. The Labute approximate surface area is 154 Å². The van der Waals surface area contributed by atoms with E-state index in [1.807, 2.05) is 45.0 Å². The fraction of sp³-hybridized carbons (Fsp3) is 0.429. The predicted octanol–water partition coefficient (Wildman–Crippen LogP) is 5.52. The van der Waals surface area contributed by atoms with E-state index in [9.17, 15) is 4.21 Å². The van der Waals surface area contributed by atoms with Gasteiger partial charge in [-0.05, 0) is 69.0 Å². The molecule has 2 N–H and O–H groups in total. The first-order chi connectivity index (χ1) is 11.9. The molecule has 4 heteroatoms. The van der Waals surface area contributed by atoms with Crippen molar-refractivity contribution in [2.75, 3.05) is 10.0 Å². The highest BCUT2D eigenvalue weighted by molar-refractivity contribution is 7.87. The first-order valence-electron chi connectivity index (χ1n) is 8.99. The summed E-state index contributed by atoms with van der Waals surface area (Å²) < 4.78 is 14.9. The number of hydrogen-bond acceptors (Lipinski definition) is 2. The van der Waals surface area contributed by atoms with E-state index in [0.29, 0.717) is 0 Å². The highest BCUT2D eigenvalue weighted by atomic mass is 32.2. The van der Waals surface area contributed by atoms with Gasteiger partial charge in [-0.1, -0.05) is 37.6 Å². The van der Waals surface area contributed by atoms with Gasteiger partial charge in [0.2, 0.25) is 0 Å². The van der Waals surface area contributed by atoms with E-state index >= 15 is 0 Å². The monoisotopic (exact) mass is 358 g/mol. The molecule has 0 bridgehead atoms. The topological polar surface area (TPSA) is 41.1 Å². The third-order valence-electron chi connectivity index (χ3n) is 3.99. The lowest BCUT2D eigenvalue weighted by molar-refractivity contribution is 0.653. The number of anilines is 2. The zero-order valence-corrected chi connectivity index (χ0v) is 16.6. The van der Waals surface area contributed by atoms with Crippen molar-refractivity contribution < 1.29 is 4.21 Å². The van der Waals surface area contributed by atoms with Crippen molar-refractivity contribution in [3.05, 3.63) is 59.7 Å². The first-order valence-corrected chi connectivity index (χ1v) is 10.1. The van der Waals surface area contributed by atoms with Crippen LogP contribution in [0.4, 0.5) is 11.4 Å². The number of benzene rings is 2. The summed E-state index contributed by atoms with van der Waals surface area (Å²) in [5, 5.41) is 3.43. The van der Waals surface area contributed by atoms with Gasteiger partial charge in [0, 0.05) is 17.9 Å². The molecule has 0 aliphatic rings. The van der Waals surface area contributed by atoms with Gasteiger partial charge in [0.25, 0.3) is 0 Å². The first kappa shape index (κ1) is 19.5. The van der Waals surface area contributed by atoms with Crippen LogP contribution in [0, 0.1) is 0 Å². The molecule has 1 atom stereocenters. The average molecular weight is 359 g/mol. The molecule has 0 amide bonds. The largest absolute Gasteiger partial charge is 0.381 e. The van der Waals surface area contributed by atoms with Crippen LogP contribution in [-0.4, -0.2) is 8.96 Å². The Morgan fingerprint density at radius 3 is 2.00 bits per heavy atom. The van der Waals surface area contributed by atoms with E-state index in [4.69, 9.17) is 0 Å². The highest BCUT2D eigenvalue weighted by Gasteiger charge is 2.19. The lowest BCUT2D eigenvalue weighted by atomic mass is 10.1. The maximum absolute atomic E-state index is 12.1. The van der Waals surface area contributed by atoms with Crippen molar-refractivity contribution in [3.63, 3.8) is 0 Å². The van der Waals surface area contributed by atoms with E-state index in [-0.39, 0.29) is 4.75 Å². The van der Waals surface area contributed by atoms with Gasteiger partial charge in [0.05, 0.1) is 4.75 Å². The van der Waals surface area contributed by atoms with Gasteiger partial charge in [0.1, 0.15) is 11.0 Å². The van der Waals surface area contributed by atoms with Gasteiger partial charge in [-0.3, -0.25) is 0 Å². The number of unbranched alkanes of at least 4 members (excludes halogenated alkanes) is 1. The molecule has 0 aliphatic heterocycles. The van der Waals surface area contributed by atoms with Crippen LogP contribution in [0.1, 0.15) is 51.7 Å². The molecule has 2 aromatic carbocycles. The molecule has 3 nitrogen and oxygen atoms in total. The van der Waals surface area contributed by atoms with Crippen molar-refractivity contribution >= 4 is 22.4 Å². The van der Waals surface area contributed by atoms with Crippen LogP contribution >= 0.6 is 0 Å². The predicted molar refractivity (Wildman–Crippen MR) is 110 cm³/mol. The molecular formula is C21H30N2OS. The van der Waals surface area contributed by atoms with Gasteiger partial charge >= 0.3 is 0 Å². The van der Waals surface area contributed by atoms with Crippen molar-refractivity contribution in [3.8, 4) is 0 Å². The molecule has 25 heavy (non-hydrogen) atoms. The summed E-state index contributed by atoms with van der Waals surface area (Å²) in [5.41, 5.74) is 4.62. The maximum Gasteiger partial charge on any atom is 0.122 e. The van der Waals surface area contributed by atoms with E-state index < -0.39 is 11.0 Å². The van der Waals surface area contributed by atoms with Crippen molar-refractivity contribution in [2.24, 2.45) is 0 Å². The average Bonchev–Trinajstić information content (AvgIpc) is 2.59. The Balaban J connectivity index is 1.86. The molecule has 0 saturated heterocycles. The van der Waals surface area contributed by atoms with Crippen LogP contribution in [0.5, 0.6) is 0 Å². The Morgan fingerprint density at radius 2 is 1.44 bits per heavy atom. The van der Waals surface area contributed by atoms with Crippen molar-refractivity contribution in [1.82, 2.24) is 0 Å². The summed E-state index contributed by atoms with van der Waals surface area (Å²) >= 11 is 0. The quantitative estimate of drug-likeness (QED) is 0.653.